The number of nitrogens with one attached hydrogen (secondary N) is 1. The molecule has 2 aliphatic rings. The SMILES string of the molecule is CC(=O)NCCC(=O)N1C[C@@H]2c3ccccc3OC[C@]2(C(=O)O)C1. The molecule has 0 aliphatic carbocycles. The average Bonchev–Trinajstić information content (AvgIpc) is 2.96. The van der Waals surface area contributed by atoms with Gasteiger partial charge in [0.1, 0.15) is 17.8 Å². The van der Waals surface area contributed by atoms with E-state index in [1.807, 2.05) is 24.3 Å². The molecule has 1 aromatic carbocycles. The molecule has 1 saturated heterocycles. The Morgan fingerprint density at radius 3 is 2.83 bits per heavy atom. The van der Waals surface area contributed by atoms with Crippen molar-refractivity contribution in [3.63, 3.8) is 0 Å². The molecule has 24 heavy (non-hydrogen) atoms. The van der Waals surface area contributed by atoms with Gasteiger partial charge in [-0.2, -0.15) is 0 Å². The summed E-state index contributed by atoms with van der Waals surface area (Å²) in [7, 11) is 0. The maximum absolute atomic E-state index is 12.4. The summed E-state index contributed by atoms with van der Waals surface area (Å²) in [6.07, 6.45) is 0.157. The second kappa shape index (κ2) is 6.14. The van der Waals surface area contributed by atoms with E-state index < -0.39 is 11.4 Å². The van der Waals surface area contributed by atoms with Gasteiger partial charge in [0.25, 0.3) is 0 Å². The highest BCUT2D eigenvalue weighted by Crippen LogP contribution is 2.49. The van der Waals surface area contributed by atoms with Crippen molar-refractivity contribution in [1.29, 1.82) is 0 Å². The lowest BCUT2D eigenvalue weighted by atomic mass is 9.73. The Kier molecular flexibility index (Phi) is 4.17. The lowest BCUT2D eigenvalue weighted by molar-refractivity contribution is -0.152. The number of carbonyl (C=O) groups excluding carboxylic acids is 2. The van der Waals surface area contributed by atoms with Gasteiger partial charge in [0.2, 0.25) is 11.8 Å². The van der Waals surface area contributed by atoms with Crippen LogP contribution in [0.2, 0.25) is 0 Å². The van der Waals surface area contributed by atoms with Gasteiger partial charge in [-0.3, -0.25) is 14.4 Å². The summed E-state index contributed by atoms with van der Waals surface area (Å²) in [5.41, 5.74) is -0.277. The average molecular weight is 332 g/mol. The second-order valence-corrected chi connectivity index (χ2v) is 6.35. The molecule has 2 amide bonds. The highest BCUT2D eigenvalue weighted by Gasteiger charge is 2.57. The Balaban J connectivity index is 1.80. The quantitative estimate of drug-likeness (QED) is 0.842. The number of hydrogen-bond donors (Lipinski definition) is 2. The summed E-state index contributed by atoms with van der Waals surface area (Å²) in [5, 5.41) is 12.4. The molecule has 2 heterocycles. The van der Waals surface area contributed by atoms with Gasteiger partial charge in [0.05, 0.1) is 0 Å². The number of carbonyl (C=O) groups is 3. The number of para-hydroxylation sites is 1. The summed E-state index contributed by atoms with van der Waals surface area (Å²) in [6.45, 7) is 2.18. The van der Waals surface area contributed by atoms with E-state index in [4.69, 9.17) is 4.74 Å². The summed E-state index contributed by atoms with van der Waals surface area (Å²) in [5.74, 6) is -0.894. The fraction of sp³-hybridized carbons (Fsp3) is 0.471. The van der Waals surface area contributed by atoms with Crippen LogP contribution in [-0.4, -0.2) is 54.0 Å². The second-order valence-electron chi connectivity index (χ2n) is 6.35. The number of carboxylic acid groups (broad SMARTS) is 1. The fourth-order valence-electron chi connectivity index (χ4n) is 3.53. The van der Waals surface area contributed by atoms with Crippen LogP contribution < -0.4 is 10.1 Å². The zero-order valence-electron chi connectivity index (χ0n) is 13.4. The minimum absolute atomic E-state index is 0.0550. The standard InChI is InChI=1S/C17H20N2O5/c1-11(20)18-7-6-15(21)19-8-13-12-4-2-3-5-14(12)24-10-17(13,9-19)16(22)23/h2-5,13H,6-10H2,1H3,(H,18,20)(H,22,23)/t13-,17-/m1/s1. The van der Waals surface area contributed by atoms with Crippen molar-refractivity contribution in [1.82, 2.24) is 10.2 Å². The number of fused-ring (bicyclic) bond motifs is 3. The normalized spacial score (nSPS) is 24.5. The molecule has 1 aromatic rings. The van der Waals surface area contributed by atoms with E-state index in [0.29, 0.717) is 12.3 Å². The predicted molar refractivity (Wildman–Crippen MR) is 84.6 cm³/mol. The molecule has 3 rings (SSSR count). The Labute approximate surface area is 139 Å². The molecule has 2 N–H and O–H groups in total. The van der Waals surface area contributed by atoms with Gasteiger partial charge in [0, 0.05) is 44.5 Å². The van der Waals surface area contributed by atoms with Crippen LogP contribution in [0.1, 0.15) is 24.8 Å². The largest absolute Gasteiger partial charge is 0.492 e. The Bertz CT molecular complexity index is 689. The zero-order valence-corrected chi connectivity index (χ0v) is 13.4. The molecule has 0 radical (unpaired) electrons. The number of rotatable bonds is 4. The van der Waals surface area contributed by atoms with Crippen LogP contribution in [0.5, 0.6) is 5.75 Å². The van der Waals surface area contributed by atoms with Crippen molar-refractivity contribution in [2.45, 2.75) is 19.3 Å². The van der Waals surface area contributed by atoms with Gasteiger partial charge in [-0.1, -0.05) is 18.2 Å². The molecular formula is C17H20N2O5. The number of nitrogens with zero attached hydrogens (tertiary/aromatic N) is 1. The van der Waals surface area contributed by atoms with Gasteiger partial charge < -0.3 is 20.1 Å². The molecule has 7 heteroatoms. The summed E-state index contributed by atoms with van der Waals surface area (Å²) < 4.78 is 5.67. The highest BCUT2D eigenvalue weighted by molar-refractivity contribution is 5.83. The third-order valence-electron chi connectivity index (χ3n) is 4.81. The van der Waals surface area contributed by atoms with Gasteiger partial charge in [0.15, 0.2) is 0 Å². The minimum atomic E-state index is -1.11. The highest BCUT2D eigenvalue weighted by atomic mass is 16.5. The first-order chi connectivity index (χ1) is 11.4. The van der Waals surface area contributed by atoms with E-state index in [-0.39, 0.29) is 43.8 Å². The van der Waals surface area contributed by atoms with E-state index in [1.165, 1.54) is 6.92 Å². The van der Waals surface area contributed by atoms with Crippen molar-refractivity contribution < 1.29 is 24.2 Å². The van der Waals surface area contributed by atoms with Crippen LogP contribution in [0, 0.1) is 5.41 Å². The lowest BCUT2D eigenvalue weighted by Crippen LogP contribution is -2.46. The Morgan fingerprint density at radius 2 is 2.12 bits per heavy atom. The number of aliphatic carboxylic acids is 1. The molecule has 1 fully saturated rings. The van der Waals surface area contributed by atoms with E-state index >= 15 is 0 Å². The molecule has 2 aliphatic heterocycles. The smallest absolute Gasteiger partial charge is 0.315 e. The summed E-state index contributed by atoms with van der Waals surface area (Å²) in [4.78, 5) is 36.8. The van der Waals surface area contributed by atoms with Crippen LogP contribution >= 0.6 is 0 Å². The minimum Gasteiger partial charge on any atom is -0.492 e. The maximum atomic E-state index is 12.4. The Morgan fingerprint density at radius 1 is 1.38 bits per heavy atom. The molecule has 0 unspecified atom stereocenters. The van der Waals surface area contributed by atoms with Crippen LogP contribution in [0.3, 0.4) is 0 Å². The number of benzene rings is 1. The molecule has 128 valence electrons. The lowest BCUT2D eigenvalue weighted by Gasteiger charge is -2.35. The van der Waals surface area contributed by atoms with Crippen LogP contribution in [0.4, 0.5) is 0 Å². The first-order valence-electron chi connectivity index (χ1n) is 7.91. The molecule has 0 spiro atoms. The van der Waals surface area contributed by atoms with Crippen molar-refractivity contribution >= 4 is 17.8 Å². The number of hydrogen-bond acceptors (Lipinski definition) is 4. The van der Waals surface area contributed by atoms with Crippen LogP contribution in [0.25, 0.3) is 0 Å². The van der Waals surface area contributed by atoms with Crippen molar-refractivity contribution in [2.24, 2.45) is 5.41 Å². The van der Waals surface area contributed by atoms with Crippen molar-refractivity contribution in [3.05, 3.63) is 29.8 Å². The maximum Gasteiger partial charge on any atom is 0.315 e. The molecule has 7 nitrogen and oxygen atoms in total. The van der Waals surface area contributed by atoms with Gasteiger partial charge >= 0.3 is 5.97 Å². The predicted octanol–water partition coefficient (Wildman–Crippen LogP) is 0.602. The molecule has 0 saturated carbocycles. The van der Waals surface area contributed by atoms with E-state index in [2.05, 4.69) is 5.32 Å². The monoisotopic (exact) mass is 332 g/mol. The van der Waals surface area contributed by atoms with Gasteiger partial charge in [-0.05, 0) is 6.07 Å². The molecular weight excluding hydrogens is 312 g/mol. The van der Waals surface area contributed by atoms with Gasteiger partial charge in [-0.25, -0.2) is 0 Å². The topological polar surface area (TPSA) is 95.9 Å². The number of carboxylic acids is 1. The van der Waals surface area contributed by atoms with E-state index in [9.17, 15) is 19.5 Å². The van der Waals surface area contributed by atoms with E-state index in [0.717, 1.165) is 5.56 Å². The summed E-state index contributed by atoms with van der Waals surface area (Å²) >= 11 is 0. The van der Waals surface area contributed by atoms with Crippen LogP contribution in [-0.2, 0) is 14.4 Å². The third kappa shape index (κ3) is 2.70. The first-order valence-corrected chi connectivity index (χ1v) is 7.91. The number of ether oxygens (including phenoxy) is 1. The van der Waals surface area contributed by atoms with Gasteiger partial charge in [-0.15, -0.1) is 0 Å². The number of amides is 2. The van der Waals surface area contributed by atoms with Crippen molar-refractivity contribution in [2.75, 3.05) is 26.2 Å². The molecule has 0 aromatic heterocycles. The first kappa shape index (κ1) is 16.3. The van der Waals surface area contributed by atoms with Crippen LogP contribution in [0.15, 0.2) is 24.3 Å². The summed E-state index contributed by atoms with van der Waals surface area (Å²) in [6, 6.07) is 7.38. The number of likely N-dealkylation sites (tertiary alicyclic amines) is 1. The Hall–Kier alpha value is -2.57. The molecule has 0 bridgehead atoms. The fourth-order valence-corrected chi connectivity index (χ4v) is 3.53. The van der Waals surface area contributed by atoms with Crippen molar-refractivity contribution in [3.8, 4) is 5.75 Å². The van der Waals surface area contributed by atoms with E-state index in [1.54, 1.807) is 4.90 Å². The third-order valence-corrected chi connectivity index (χ3v) is 4.81. The molecule has 2 atom stereocenters. The zero-order chi connectivity index (χ0) is 17.3.